The van der Waals surface area contributed by atoms with Crippen molar-refractivity contribution in [3.63, 3.8) is 0 Å². The average Bonchev–Trinajstić information content (AvgIpc) is 2.39. The van der Waals surface area contributed by atoms with Crippen LogP contribution in [0.4, 0.5) is 0 Å². The number of aromatic nitrogens is 2. The van der Waals surface area contributed by atoms with Crippen LogP contribution < -0.4 is 4.74 Å². The Labute approximate surface area is 120 Å². The second-order valence-corrected chi connectivity index (χ2v) is 5.13. The summed E-state index contributed by atoms with van der Waals surface area (Å²) in [6.45, 7) is 1.86. The molecule has 1 aromatic carbocycles. The van der Waals surface area contributed by atoms with Crippen LogP contribution in [0.15, 0.2) is 35.1 Å². The molecule has 2 rings (SSSR count). The minimum Gasteiger partial charge on any atom is -0.496 e. The second kappa shape index (κ2) is 6.12. The van der Waals surface area contributed by atoms with Gasteiger partial charge in [-0.25, -0.2) is 0 Å². The second-order valence-electron chi connectivity index (χ2n) is 4.27. The molecule has 0 aliphatic rings. The number of methoxy groups -OCH3 is 1. The van der Waals surface area contributed by atoms with E-state index in [1.54, 1.807) is 19.5 Å². The number of halogens is 1. The average molecular weight is 323 g/mol. The molecule has 1 atom stereocenters. The van der Waals surface area contributed by atoms with Gasteiger partial charge >= 0.3 is 0 Å². The predicted octanol–water partition coefficient (Wildman–Crippen LogP) is 2.83. The van der Waals surface area contributed by atoms with Crippen molar-refractivity contribution in [1.29, 1.82) is 0 Å². The molecule has 0 amide bonds. The maximum Gasteiger partial charge on any atom is 0.133 e. The van der Waals surface area contributed by atoms with E-state index in [0.29, 0.717) is 12.1 Å². The molecule has 0 spiro atoms. The van der Waals surface area contributed by atoms with Crippen molar-refractivity contribution in [3.8, 4) is 5.75 Å². The summed E-state index contributed by atoms with van der Waals surface area (Å²) in [6, 6.07) is 5.73. The first-order valence-electron chi connectivity index (χ1n) is 5.89. The van der Waals surface area contributed by atoms with Crippen molar-refractivity contribution >= 4 is 15.9 Å². The molecule has 0 aliphatic carbocycles. The van der Waals surface area contributed by atoms with Gasteiger partial charge in [0.2, 0.25) is 0 Å². The summed E-state index contributed by atoms with van der Waals surface area (Å²) in [7, 11) is 1.62. The van der Waals surface area contributed by atoms with E-state index in [2.05, 4.69) is 25.9 Å². The zero-order valence-corrected chi connectivity index (χ0v) is 12.4. The molecule has 0 saturated heterocycles. The van der Waals surface area contributed by atoms with E-state index in [4.69, 9.17) is 4.74 Å². The monoisotopic (exact) mass is 322 g/mol. The Morgan fingerprint density at radius 2 is 2.11 bits per heavy atom. The molecule has 5 heteroatoms. The van der Waals surface area contributed by atoms with E-state index < -0.39 is 6.10 Å². The normalized spacial score (nSPS) is 12.2. The molecule has 2 aromatic rings. The molecule has 0 saturated carbocycles. The molecular formula is C14H15BrN2O2. The third-order valence-corrected chi connectivity index (χ3v) is 3.41. The summed E-state index contributed by atoms with van der Waals surface area (Å²) < 4.78 is 6.04. The standard InChI is InChI=1S/C14H15BrN2O2/c1-9-7-17-12(8-16-9)13(18)6-10-3-4-14(19-2)11(15)5-10/h3-5,7-8,13,18H,6H2,1-2H3. The van der Waals surface area contributed by atoms with Crippen LogP contribution in [0.2, 0.25) is 0 Å². The number of aliphatic hydroxyl groups is 1. The zero-order valence-electron chi connectivity index (χ0n) is 10.8. The summed E-state index contributed by atoms with van der Waals surface area (Å²) in [5.41, 5.74) is 2.42. The minimum atomic E-state index is -0.659. The first-order valence-corrected chi connectivity index (χ1v) is 6.68. The molecular weight excluding hydrogens is 308 g/mol. The fourth-order valence-electron chi connectivity index (χ4n) is 1.74. The highest BCUT2D eigenvalue weighted by atomic mass is 79.9. The van der Waals surface area contributed by atoms with Crippen LogP contribution in [-0.2, 0) is 6.42 Å². The van der Waals surface area contributed by atoms with Gasteiger partial charge in [0.05, 0.1) is 29.2 Å². The molecule has 0 bridgehead atoms. The Balaban J connectivity index is 2.12. The van der Waals surface area contributed by atoms with Gasteiger partial charge in [-0.05, 0) is 40.5 Å². The maximum atomic E-state index is 10.1. The van der Waals surface area contributed by atoms with E-state index in [1.165, 1.54) is 0 Å². The van der Waals surface area contributed by atoms with Crippen molar-refractivity contribution < 1.29 is 9.84 Å². The minimum absolute atomic E-state index is 0.486. The lowest BCUT2D eigenvalue weighted by Crippen LogP contribution is -2.05. The molecule has 4 nitrogen and oxygen atoms in total. The third-order valence-electron chi connectivity index (χ3n) is 2.79. The van der Waals surface area contributed by atoms with E-state index >= 15 is 0 Å². The third kappa shape index (κ3) is 3.52. The Kier molecular flexibility index (Phi) is 4.50. The van der Waals surface area contributed by atoms with Gasteiger partial charge in [0.1, 0.15) is 11.9 Å². The number of hydrogen-bond acceptors (Lipinski definition) is 4. The highest BCUT2D eigenvalue weighted by Crippen LogP contribution is 2.27. The van der Waals surface area contributed by atoms with Crippen LogP contribution in [0.25, 0.3) is 0 Å². The SMILES string of the molecule is COc1ccc(CC(O)c2cnc(C)cn2)cc1Br. The van der Waals surface area contributed by atoms with Crippen molar-refractivity contribution in [1.82, 2.24) is 9.97 Å². The lowest BCUT2D eigenvalue weighted by atomic mass is 10.1. The van der Waals surface area contributed by atoms with Gasteiger partial charge in [0, 0.05) is 12.6 Å². The van der Waals surface area contributed by atoms with Crippen molar-refractivity contribution in [2.45, 2.75) is 19.4 Å². The van der Waals surface area contributed by atoms with Crippen LogP contribution in [-0.4, -0.2) is 22.2 Å². The number of ether oxygens (including phenoxy) is 1. The van der Waals surface area contributed by atoms with Gasteiger partial charge in [0.15, 0.2) is 0 Å². The lowest BCUT2D eigenvalue weighted by Gasteiger charge is -2.11. The number of aliphatic hydroxyl groups excluding tert-OH is 1. The quantitative estimate of drug-likeness (QED) is 0.940. The summed E-state index contributed by atoms with van der Waals surface area (Å²) in [4.78, 5) is 8.32. The van der Waals surface area contributed by atoms with Crippen LogP contribution in [0.3, 0.4) is 0 Å². The molecule has 0 fully saturated rings. The van der Waals surface area contributed by atoms with Gasteiger partial charge < -0.3 is 9.84 Å². The number of aryl methyl sites for hydroxylation is 1. The fourth-order valence-corrected chi connectivity index (χ4v) is 2.33. The van der Waals surface area contributed by atoms with Gasteiger partial charge in [-0.3, -0.25) is 9.97 Å². The molecule has 0 aliphatic heterocycles. The Bertz CT molecular complexity index is 558. The van der Waals surface area contributed by atoms with Crippen LogP contribution in [0.1, 0.15) is 23.1 Å². The smallest absolute Gasteiger partial charge is 0.133 e. The van der Waals surface area contributed by atoms with Crippen LogP contribution >= 0.6 is 15.9 Å². The van der Waals surface area contributed by atoms with Crippen LogP contribution in [0.5, 0.6) is 5.75 Å². The molecule has 100 valence electrons. The van der Waals surface area contributed by atoms with Gasteiger partial charge in [-0.1, -0.05) is 6.07 Å². The zero-order chi connectivity index (χ0) is 13.8. The molecule has 1 heterocycles. The summed E-state index contributed by atoms with van der Waals surface area (Å²) in [5, 5.41) is 10.1. The number of rotatable bonds is 4. The summed E-state index contributed by atoms with van der Waals surface area (Å²) in [5.74, 6) is 0.772. The van der Waals surface area contributed by atoms with Gasteiger partial charge in [-0.15, -0.1) is 0 Å². The topological polar surface area (TPSA) is 55.2 Å². The first-order chi connectivity index (χ1) is 9.10. The summed E-state index contributed by atoms with van der Waals surface area (Å²) >= 11 is 3.43. The molecule has 1 unspecified atom stereocenters. The number of hydrogen-bond donors (Lipinski definition) is 1. The first kappa shape index (κ1) is 14.0. The van der Waals surface area contributed by atoms with Gasteiger partial charge in [0.25, 0.3) is 0 Å². The van der Waals surface area contributed by atoms with Crippen molar-refractivity contribution in [2.75, 3.05) is 7.11 Å². The van der Waals surface area contributed by atoms with E-state index in [-0.39, 0.29) is 0 Å². The van der Waals surface area contributed by atoms with Crippen molar-refractivity contribution in [3.05, 3.63) is 52.0 Å². The Morgan fingerprint density at radius 1 is 1.32 bits per heavy atom. The van der Waals surface area contributed by atoms with E-state index in [9.17, 15) is 5.11 Å². The highest BCUT2D eigenvalue weighted by molar-refractivity contribution is 9.10. The number of nitrogens with zero attached hydrogens (tertiary/aromatic N) is 2. The van der Waals surface area contributed by atoms with Crippen molar-refractivity contribution in [2.24, 2.45) is 0 Å². The molecule has 19 heavy (non-hydrogen) atoms. The molecule has 1 aromatic heterocycles. The number of benzene rings is 1. The van der Waals surface area contributed by atoms with E-state index in [1.807, 2.05) is 25.1 Å². The summed E-state index contributed by atoms with van der Waals surface area (Å²) in [6.07, 6.45) is 3.09. The van der Waals surface area contributed by atoms with E-state index in [0.717, 1.165) is 21.5 Å². The lowest BCUT2D eigenvalue weighted by molar-refractivity contribution is 0.173. The highest BCUT2D eigenvalue weighted by Gasteiger charge is 2.11. The van der Waals surface area contributed by atoms with Crippen LogP contribution in [0, 0.1) is 6.92 Å². The maximum absolute atomic E-state index is 10.1. The largest absolute Gasteiger partial charge is 0.496 e. The Morgan fingerprint density at radius 3 is 2.68 bits per heavy atom. The fraction of sp³-hybridized carbons (Fsp3) is 0.286. The van der Waals surface area contributed by atoms with Gasteiger partial charge in [-0.2, -0.15) is 0 Å². The predicted molar refractivity (Wildman–Crippen MR) is 76.1 cm³/mol. The molecule has 1 N–H and O–H groups in total. The Hall–Kier alpha value is -1.46. The molecule has 0 radical (unpaired) electrons.